The second-order valence-electron chi connectivity index (χ2n) is 7.34. The SMILES string of the molecule is CC1(C)O[C@H]2O[C@H](C3=NOC(C4CCCCC4)C3)[C@H](O)[C@H]2O1. The minimum atomic E-state index is -0.751. The Hall–Kier alpha value is -0.690. The van der Waals surface area contributed by atoms with Crippen LogP contribution in [0.2, 0.25) is 0 Å². The van der Waals surface area contributed by atoms with Crippen molar-refractivity contribution < 1.29 is 24.2 Å². The van der Waals surface area contributed by atoms with Crippen molar-refractivity contribution in [2.24, 2.45) is 11.1 Å². The number of nitrogens with zero attached hydrogens (tertiary/aromatic N) is 1. The molecule has 0 aromatic rings. The fourth-order valence-corrected chi connectivity index (χ4v) is 4.11. The van der Waals surface area contributed by atoms with Crippen molar-refractivity contribution in [1.82, 2.24) is 0 Å². The van der Waals surface area contributed by atoms with Gasteiger partial charge in [0.05, 0.1) is 5.71 Å². The summed E-state index contributed by atoms with van der Waals surface area (Å²) >= 11 is 0. The molecule has 1 aliphatic carbocycles. The van der Waals surface area contributed by atoms with Gasteiger partial charge in [-0.25, -0.2) is 0 Å². The molecule has 4 rings (SSSR count). The van der Waals surface area contributed by atoms with Crippen LogP contribution in [0, 0.1) is 5.92 Å². The summed E-state index contributed by atoms with van der Waals surface area (Å²) in [6.07, 6.45) is 5.02. The maximum Gasteiger partial charge on any atom is 0.190 e. The van der Waals surface area contributed by atoms with Gasteiger partial charge in [-0.3, -0.25) is 0 Å². The van der Waals surface area contributed by atoms with E-state index in [9.17, 15) is 5.11 Å². The van der Waals surface area contributed by atoms with Crippen molar-refractivity contribution in [3.05, 3.63) is 0 Å². The van der Waals surface area contributed by atoms with E-state index in [1.54, 1.807) is 0 Å². The first-order valence-corrected chi connectivity index (χ1v) is 8.45. The maximum atomic E-state index is 10.5. The minimum absolute atomic E-state index is 0.143. The number of aliphatic hydroxyl groups excluding tert-OH is 1. The zero-order valence-electron chi connectivity index (χ0n) is 13.2. The average Bonchev–Trinajstić information content (AvgIpc) is 3.15. The molecular formula is C16H25NO5. The first kappa shape index (κ1) is 14.9. The van der Waals surface area contributed by atoms with Gasteiger partial charge in [-0.05, 0) is 32.6 Å². The Labute approximate surface area is 130 Å². The Kier molecular flexibility index (Phi) is 3.68. The molecule has 3 fully saturated rings. The van der Waals surface area contributed by atoms with Crippen LogP contribution in [0.5, 0.6) is 0 Å². The first-order chi connectivity index (χ1) is 10.5. The number of oxime groups is 1. The summed E-state index contributed by atoms with van der Waals surface area (Å²) < 4.78 is 17.2. The van der Waals surface area contributed by atoms with Crippen molar-refractivity contribution >= 4 is 5.71 Å². The van der Waals surface area contributed by atoms with Gasteiger partial charge in [0.15, 0.2) is 12.1 Å². The van der Waals surface area contributed by atoms with Crippen LogP contribution in [0.25, 0.3) is 0 Å². The molecule has 6 nitrogen and oxygen atoms in total. The van der Waals surface area contributed by atoms with Gasteiger partial charge in [-0.15, -0.1) is 0 Å². The zero-order chi connectivity index (χ0) is 15.3. The maximum absolute atomic E-state index is 10.5. The van der Waals surface area contributed by atoms with E-state index >= 15 is 0 Å². The van der Waals surface area contributed by atoms with Gasteiger partial charge in [0.25, 0.3) is 0 Å². The first-order valence-electron chi connectivity index (χ1n) is 8.45. The molecule has 3 aliphatic heterocycles. The summed E-state index contributed by atoms with van der Waals surface area (Å²) in [7, 11) is 0. The van der Waals surface area contributed by atoms with Gasteiger partial charge in [-0.1, -0.05) is 24.4 Å². The lowest BCUT2D eigenvalue weighted by molar-refractivity contribution is -0.207. The Bertz CT molecular complexity index is 459. The summed E-state index contributed by atoms with van der Waals surface area (Å²) in [6, 6.07) is 0. The van der Waals surface area contributed by atoms with Gasteiger partial charge < -0.3 is 24.2 Å². The third-order valence-electron chi connectivity index (χ3n) is 5.24. The minimum Gasteiger partial charge on any atom is -0.392 e. The van der Waals surface area contributed by atoms with E-state index in [2.05, 4.69) is 5.16 Å². The lowest BCUT2D eigenvalue weighted by Gasteiger charge is -2.26. The molecule has 22 heavy (non-hydrogen) atoms. The van der Waals surface area contributed by atoms with Crippen molar-refractivity contribution in [3.63, 3.8) is 0 Å². The van der Waals surface area contributed by atoms with E-state index in [1.165, 1.54) is 32.1 Å². The van der Waals surface area contributed by atoms with Crippen molar-refractivity contribution in [2.45, 2.75) is 88.9 Å². The molecule has 3 heterocycles. The normalized spacial score (nSPS) is 44.7. The molecule has 0 spiro atoms. The van der Waals surface area contributed by atoms with Crippen LogP contribution in [-0.4, -0.2) is 47.3 Å². The molecule has 6 heteroatoms. The predicted molar refractivity (Wildman–Crippen MR) is 78.2 cm³/mol. The molecule has 0 radical (unpaired) electrons. The third-order valence-corrected chi connectivity index (χ3v) is 5.24. The lowest BCUT2D eigenvalue weighted by atomic mass is 9.83. The lowest BCUT2D eigenvalue weighted by Crippen LogP contribution is -2.39. The molecule has 4 aliphatic rings. The summed E-state index contributed by atoms with van der Waals surface area (Å²) in [6.45, 7) is 3.65. The van der Waals surface area contributed by atoms with E-state index in [0.29, 0.717) is 5.92 Å². The molecule has 2 saturated heterocycles. The summed E-state index contributed by atoms with van der Waals surface area (Å²) in [5.41, 5.74) is 0.794. The predicted octanol–water partition coefficient (Wildman–Crippen LogP) is 1.95. The fraction of sp³-hybridized carbons (Fsp3) is 0.938. The van der Waals surface area contributed by atoms with Gasteiger partial charge in [0.2, 0.25) is 0 Å². The highest BCUT2D eigenvalue weighted by Gasteiger charge is 2.56. The smallest absolute Gasteiger partial charge is 0.190 e. The van der Waals surface area contributed by atoms with Crippen LogP contribution >= 0.6 is 0 Å². The van der Waals surface area contributed by atoms with Gasteiger partial charge in [-0.2, -0.15) is 0 Å². The number of rotatable bonds is 2. The largest absolute Gasteiger partial charge is 0.392 e. The highest BCUT2D eigenvalue weighted by atomic mass is 16.8. The van der Waals surface area contributed by atoms with Gasteiger partial charge in [0, 0.05) is 6.42 Å². The molecule has 1 saturated carbocycles. The van der Waals surface area contributed by atoms with Crippen molar-refractivity contribution in [2.75, 3.05) is 0 Å². The van der Waals surface area contributed by atoms with E-state index in [-0.39, 0.29) is 6.10 Å². The molecule has 0 bridgehead atoms. The average molecular weight is 311 g/mol. The summed E-state index contributed by atoms with van der Waals surface area (Å²) in [5, 5.41) is 14.7. The number of hydrogen-bond acceptors (Lipinski definition) is 6. The second kappa shape index (κ2) is 5.44. The summed E-state index contributed by atoms with van der Waals surface area (Å²) in [5.74, 6) is -0.126. The Morgan fingerprint density at radius 2 is 1.91 bits per heavy atom. The Morgan fingerprint density at radius 3 is 2.64 bits per heavy atom. The van der Waals surface area contributed by atoms with Crippen molar-refractivity contribution in [1.29, 1.82) is 0 Å². The standard InChI is InChI=1S/C16H25NO5/c1-16(2)20-14-12(18)13(19-15(14)21-16)10-8-11(22-17-10)9-6-4-3-5-7-9/h9,11-15,18H,3-8H2,1-2H3/t11?,12-,13+,14+,15+/m0/s1. The third kappa shape index (κ3) is 2.56. The van der Waals surface area contributed by atoms with E-state index in [0.717, 1.165) is 12.1 Å². The van der Waals surface area contributed by atoms with E-state index < -0.39 is 30.4 Å². The molecule has 124 valence electrons. The monoisotopic (exact) mass is 311 g/mol. The molecule has 0 amide bonds. The van der Waals surface area contributed by atoms with Crippen LogP contribution in [0.1, 0.15) is 52.4 Å². The highest BCUT2D eigenvalue weighted by Crippen LogP contribution is 2.40. The molecule has 0 aromatic carbocycles. The number of ether oxygens (including phenoxy) is 3. The topological polar surface area (TPSA) is 69.5 Å². The van der Waals surface area contributed by atoms with E-state index in [4.69, 9.17) is 19.0 Å². The quantitative estimate of drug-likeness (QED) is 0.844. The van der Waals surface area contributed by atoms with Gasteiger partial charge in [0.1, 0.15) is 24.4 Å². The van der Waals surface area contributed by atoms with Gasteiger partial charge >= 0.3 is 0 Å². The summed E-state index contributed by atoms with van der Waals surface area (Å²) in [4.78, 5) is 5.64. The highest BCUT2D eigenvalue weighted by molar-refractivity contribution is 5.90. The number of hydrogen-bond donors (Lipinski definition) is 1. The Balaban J connectivity index is 1.38. The van der Waals surface area contributed by atoms with Crippen LogP contribution in [0.4, 0.5) is 0 Å². The molecule has 1 N–H and O–H groups in total. The molecule has 5 atom stereocenters. The van der Waals surface area contributed by atoms with Crippen molar-refractivity contribution in [3.8, 4) is 0 Å². The Morgan fingerprint density at radius 1 is 1.14 bits per heavy atom. The van der Waals surface area contributed by atoms with Crippen LogP contribution < -0.4 is 0 Å². The van der Waals surface area contributed by atoms with Crippen LogP contribution in [0.3, 0.4) is 0 Å². The molecule has 0 aromatic heterocycles. The number of fused-ring (bicyclic) bond motifs is 1. The van der Waals surface area contributed by atoms with Crippen LogP contribution in [-0.2, 0) is 19.0 Å². The van der Waals surface area contributed by atoms with Crippen LogP contribution in [0.15, 0.2) is 5.16 Å². The second-order valence-corrected chi connectivity index (χ2v) is 7.34. The number of aliphatic hydroxyl groups is 1. The molecule has 1 unspecified atom stereocenters. The fourth-order valence-electron chi connectivity index (χ4n) is 4.11. The molecular weight excluding hydrogens is 286 g/mol. The zero-order valence-corrected chi connectivity index (χ0v) is 13.2. The van der Waals surface area contributed by atoms with E-state index in [1.807, 2.05) is 13.8 Å².